The summed E-state index contributed by atoms with van der Waals surface area (Å²) in [5.74, 6) is -0.291. The summed E-state index contributed by atoms with van der Waals surface area (Å²) in [4.78, 5) is 4.42. The Morgan fingerprint density at radius 3 is 2.67 bits per heavy atom. The molecule has 2 heterocycles. The third-order valence-electron chi connectivity index (χ3n) is 4.12. The first-order chi connectivity index (χ1) is 12.8. The highest BCUT2D eigenvalue weighted by atomic mass is 79.9. The Bertz CT molecular complexity index is 909. The average molecular weight is 448 g/mol. The Balaban J connectivity index is 1.89. The van der Waals surface area contributed by atoms with Crippen LogP contribution in [0.1, 0.15) is 0 Å². The van der Waals surface area contributed by atoms with E-state index >= 15 is 0 Å². The second-order valence-electron chi connectivity index (χ2n) is 7.62. The van der Waals surface area contributed by atoms with E-state index in [1.165, 1.54) is 6.07 Å². The Labute approximate surface area is 168 Å². The van der Waals surface area contributed by atoms with Gasteiger partial charge < -0.3 is 4.74 Å². The van der Waals surface area contributed by atoms with Crippen LogP contribution in [-0.4, -0.2) is 29.4 Å². The van der Waals surface area contributed by atoms with Crippen LogP contribution >= 0.6 is 15.9 Å². The van der Waals surface area contributed by atoms with Crippen molar-refractivity contribution in [1.29, 1.82) is 0 Å². The standard InChI is InChI=1S/C20H23BrFN3OSi/c1-27(2,3)11-10-26-14-25-13-16(15-7-8-18(22)17(21)12-15)20(24-25)19-6-4-5-9-23-19/h4-9,12-13H,10-11,14H2,1-3H3. The van der Waals surface area contributed by atoms with Crippen LogP contribution in [0.25, 0.3) is 22.5 Å². The number of pyridine rings is 1. The molecule has 0 atom stereocenters. The third-order valence-corrected chi connectivity index (χ3v) is 6.43. The molecule has 0 spiro atoms. The summed E-state index contributed by atoms with van der Waals surface area (Å²) in [7, 11) is -1.12. The van der Waals surface area contributed by atoms with Gasteiger partial charge >= 0.3 is 0 Å². The maximum atomic E-state index is 13.6. The van der Waals surface area contributed by atoms with E-state index in [4.69, 9.17) is 4.74 Å². The molecule has 3 aromatic rings. The van der Waals surface area contributed by atoms with Gasteiger partial charge in [-0.2, -0.15) is 5.10 Å². The largest absolute Gasteiger partial charge is 0.360 e. The van der Waals surface area contributed by atoms with Crippen molar-refractivity contribution in [2.24, 2.45) is 0 Å². The van der Waals surface area contributed by atoms with Gasteiger partial charge in [0.25, 0.3) is 0 Å². The molecule has 0 unspecified atom stereocenters. The highest BCUT2D eigenvalue weighted by Crippen LogP contribution is 2.32. The van der Waals surface area contributed by atoms with Crippen molar-refractivity contribution in [3.05, 3.63) is 59.1 Å². The molecule has 0 N–H and O–H groups in total. The summed E-state index contributed by atoms with van der Waals surface area (Å²) in [6, 6.07) is 11.8. The number of hydrogen-bond acceptors (Lipinski definition) is 3. The fourth-order valence-corrected chi connectivity index (χ4v) is 3.73. The summed E-state index contributed by atoms with van der Waals surface area (Å²) < 4.78 is 21.7. The molecule has 0 radical (unpaired) electrons. The van der Waals surface area contributed by atoms with Crippen molar-refractivity contribution in [2.45, 2.75) is 32.4 Å². The average Bonchev–Trinajstić information content (AvgIpc) is 3.05. The van der Waals surface area contributed by atoms with Crippen LogP contribution in [0.15, 0.2) is 53.3 Å². The number of rotatable bonds is 7. The molecule has 0 aliphatic rings. The Kier molecular flexibility index (Phi) is 6.24. The number of hydrogen-bond donors (Lipinski definition) is 0. The predicted octanol–water partition coefficient (Wildman–Crippen LogP) is 5.83. The summed E-state index contributed by atoms with van der Waals surface area (Å²) >= 11 is 3.26. The topological polar surface area (TPSA) is 39.9 Å². The number of nitrogens with zero attached hydrogens (tertiary/aromatic N) is 3. The van der Waals surface area contributed by atoms with Crippen molar-refractivity contribution in [3.8, 4) is 22.5 Å². The number of aromatic nitrogens is 3. The molecule has 27 heavy (non-hydrogen) atoms. The van der Waals surface area contributed by atoms with E-state index in [2.05, 4.69) is 45.7 Å². The fraction of sp³-hybridized carbons (Fsp3) is 0.300. The maximum Gasteiger partial charge on any atom is 0.139 e. The number of ether oxygens (including phenoxy) is 1. The van der Waals surface area contributed by atoms with Gasteiger partial charge in [0.2, 0.25) is 0 Å². The molecule has 7 heteroatoms. The first-order valence-corrected chi connectivity index (χ1v) is 13.4. The van der Waals surface area contributed by atoms with Crippen LogP contribution in [0.3, 0.4) is 0 Å². The number of benzene rings is 1. The minimum absolute atomic E-state index is 0.291. The zero-order chi connectivity index (χ0) is 19.4. The van der Waals surface area contributed by atoms with Gasteiger partial charge in [0, 0.05) is 32.6 Å². The molecular weight excluding hydrogens is 425 g/mol. The summed E-state index contributed by atoms with van der Waals surface area (Å²) in [6.45, 7) is 8.09. The molecule has 0 aliphatic carbocycles. The maximum absolute atomic E-state index is 13.6. The lowest BCUT2D eigenvalue weighted by molar-refractivity contribution is 0.0787. The van der Waals surface area contributed by atoms with Gasteiger partial charge in [0.05, 0.1) is 10.2 Å². The van der Waals surface area contributed by atoms with Gasteiger partial charge in [0.15, 0.2) is 0 Å². The highest BCUT2D eigenvalue weighted by Gasteiger charge is 2.16. The van der Waals surface area contributed by atoms with E-state index in [-0.39, 0.29) is 5.82 Å². The van der Waals surface area contributed by atoms with E-state index in [0.29, 0.717) is 11.2 Å². The van der Waals surface area contributed by atoms with E-state index < -0.39 is 8.07 Å². The van der Waals surface area contributed by atoms with Gasteiger partial charge in [0.1, 0.15) is 18.2 Å². The monoisotopic (exact) mass is 447 g/mol. The molecule has 1 aromatic carbocycles. The highest BCUT2D eigenvalue weighted by molar-refractivity contribution is 9.10. The SMILES string of the molecule is C[Si](C)(C)CCOCn1cc(-c2ccc(F)c(Br)c2)c(-c2ccccn2)n1. The Morgan fingerprint density at radius 1 is 1.19 bits per heavy atom. The molecule has 3 rings (SSSR count). The van der Waals surface area contributed by atoms with E-state index in [1.54, 1.807) is 23.0 Å². The summed E-state index contributed by atoms with van der Waals surface area (Å²) in [5, 5.41) is 4.67. The fourth-order valence-electron chi connectivity index (χ4n) is 2.59. The molecular formula is C20H23BrFN3OSi. The van der Waals surface area contributed by atoms with Crippen molar-refractivity contribution >= 4 is 24.0 Å². The van der Waals surface area contributed by atoms with Gasteiger partial charge in [-0.25, -0.2) is 9.07 Å². The molecule has 142 valence electrons. The first-order valence-electron chi connectivity index (χ1n) is 8.85. The van der Waals surface area contributed by atoms with Crippen LogP contribution < -0.4 is 0 Å². The van der Waals surface area contributed by atoms with Gasteiger partial charge in [-0.3, -0.25) is 4.98 Å². The van der Waals surface area contributed by atoms with Crippen molar-refractivity contribution < 1.29 is 9.13 Å². The van der Waals surface area contributed by atoms with E-state index in [0.717, 1.165) is 35.2 Å². The van der Waals surface area contributed by atoms with Crippen LogP contribution in [0, 0.1) is 5.82 Å². The van der Waals surface area contributed by atoms with Crippen LogP contribution in [0.5, 0.6) is 0 Å². The molecule has 0 saturated heterocycles. The smallest absolute Gasteiger partial charge is 0.139 e. The first kappa shape index (κ1) is 19.9. The lowest BCUT2D eigenvalue weighted by atomic mass is 10.0. The van der Waals surface area contributed by atoms with Crippen LogP contribution in [-0.2, 0) is 11.5 Å². The lowest BCUT2D eigenvalue weighted by Crippen LogP contribution is -2.22. The molecule has 0 saturated carbocycles. The second-order valence-corrected chi connectivity index (χ2v) is 14.1. The van der Waals surface area contributed by atoms with Crippen molar-refractivity contribution in [3.63, 3.8) is 0 Å². The normalized spacial score (nSPS) is 11.7. The number of halogens is 2. The molecule has 2 aromatic heterocycles. The van der Waals surface area contributed by atoms with E-state index in [1.807, 2.05) is 24.4 Å². The second kappa shape index (κ2) is 8.46. The molecule has 0 amide bonds. The van der Waals surface area contributed by atoms with Crippen molar-refractivity contribution in [1.82, 2.24) is 14.8 Å². The zero-order valence-electron chi connectivity index (χ0n) is 15.7. The minimum atomic E-state index is -1.12. The van der Waals surface area contributed by atoms with Crippen molar-refractivity contribution in [2.75, 3.05) is 6.61 Å². The van der Waals surface area contributed by atoms with E-state index in [9.17, 15) is 4.39 Å². The summed E-state index contributed by atoms with van der Waals surface area (Å²) in [6.07, 6.45) is 3.67. The quantitative estimate of drug-likeness (QED) is 0.338. The third kappa shape index (κ3) is 5.34. The van der Waals surface area contributed by atoms with Crippen LogP contribution in [0.4, 0.5) is 4.39 Å². The Morgan fingerprint density at radius 2 is 2.00 bits per heavy atom. The molecule has 0 aliphatic heterocycles. The predicted molar refractivity (Wildman–Crippen MR) is 113 cm³/mol. The molecule has 4 nitrogen and oxygen atoms in total. The Hall–Kier alpha value is -1.83. The van der Waals surface area contributed by atoms with Gasteiger partial charge in [-0.1, -0.05) is 31.8 Å². The molecule has 0 fully saturated rings. The minimum Gasteiger partial charge on any atom is -0.360 e. The van der Waals surface area contributed by atoms with Gasteiger partial charge in [-0.05, 0) is 51.8 Å². The lowest BCUT2D eigenvalue weighted by Gasteiger charge is -2.15. The summed E-state index contributed by atoms with van der Waals surface area (Å²) in [5.41, 5.74) is 3.29. The molecule has 0 bridgehead atoms. The zero-order valence-corrected chi connectivity index (χ0v) is 18.3. The van der Waals surface area contributed by atoms with Crippen LogP contribution in [0.2, 0.25) is 25.7 Å². The van der Waals surface area contributed by atoms with Gasteiger partial charge in [-0.15, -0.1) is 0 Å².